The van der Waals surface area contributed by atoms with Crippen LogP contribution in [-0.2, 0) is 0 Å². The predicted molar refractivity (Wildman–Crippen MR) is 59.2 cm³/mol. The quantitative estimate of drug-likeness (QED) is 0.693. The average molecular weight is 246 g/mol. The molecule has 2 aromatic rings. The van der Waals surface area contributed by atoms with E-state index in [0.717, 1.165) is 5.69 Å². The maximum Gasteiger partial charge on any atom is 1.00 e. The minimum Gasteiger partial charge on any atom is -1.00 e. The molecule has 2 heterocycles. The fraction of sp³-hybridized carbons (Fsp3) is 0.100. The summed E-state index contributed by atoms with van der Waals surface area (Å²) < 4.78 is 1.64. The number of imidazole rings is 1. The van der Waals surface area contributed by atoms with E-state index in [9.17, 15) is 4.79 Å². The number of aryl methyl sites for hydroxylation is 1. The van der Waals surface area contributed by atoms with Crippen LogP contribution >= 0.6 is 11.6 Å². The summed E-state index contributed by atoms with van der Waals surface area (Å²) in [5.41, 5.74) is 0.894. The predicted octanol–water partition coefficient (Wildman–Crippen LogP) is -0.956. The molecule has 0 radical (unpaired) electrons. The normalized spacial score (nSPS) is 9.76. The average Bonchev–Trinajstić information content (AvgIpc) is 2.64. The number of aromatic carboxylic acids is 1. The number of carboxylic acids is 1. The van der Waals surface area contributed by atoms with Gasteiger partial charge in [-0.15, -0.1) is 0 Å². The first-order valence-corrected chi connectivity index (χ1v) is 4.85. The van der Waals surface area contributed by atoms with Gasteiger partial charge in [-0.05, 0) is 13.0 Å². The molecule has 2 aromatic heterocycles. The van der Waals surface area contributed by atoms with E-state index in [1.165, 1.54) is 12.3 Å². The molecule has 5 nitrogen and oxygen atoms in total. The second-order valence-corrected chi connectivity index (χ2v) is 3.66. The number of aromatic nitrogens is 3. The Morgan fingerprint density at radius 3 is 2.71 bits per heavy atom. The van der Waals surface area contributed by atoms with Gasteiger partial charge in [0.2, 0.25) is 0 Å². The Labute approximate surface area is 116 Å². The molecule has 84 valence electrons. The zero-order valence-electron chi connectivity index (χ0n) is 10.4. The molecule has 0 amide bonds. The standard InChI is InChI=1S/C10H8ClN3O2.Li.H/c1-6-4-14(5-13-6)9-8(11)2-7(3-12-9)10(15)16;;/h2-5H,1H3,(H,15,16);;/q;+1;-1. The molecule has 0 aliphatic rings. The second kappa shape index (κ2) is 5.37. The fourth-order valence-electron chi connectivity index (χ4n) is 1.27. The van der Waals surface area contributed by atoms with Crippen LogP contribution < -0.4 is 18.9 Å². The Morgan fingerprint density at radius 2 is 2.24 bits per heavy atom. The second-order valence-electron chi connectivity index (χ2n) is 3.26. The molecule has 0 aliphatic carbocycles. The zero-order valence-corrected chi connectivity index (χ0v) is 10.1. The summed E-state index contributed by atoms with van der Waals surface area (Å²) in [5, 5.41) is 9.03. The van der Waals surface area contributed by atoms with E-state index in [-0.39, 0.29) is 30.9 Å². The molecule has 0 atom stereocenters. The summed E-state index contributed by atoms with van der Waals surface area (Å²) in [6.45, 7) is 1.84. The number of halogens is 1. The van der Waals surface area contributed by atoms with Crippen LogP contribution in [0.4, 0.5) is 0 Å². The van der Waals surface area contributed by atoms with E-state index in [2.05, 4.69) is 9.97 Å². The molecule has 7 heteroatoms. The molecule has 17 heavy (non-hydrogen) atoms. The van der Waals surface area contributed by atoms with Crippen molar-refractivity contribution in [3.8, 4) is 5.82 Å². The summed E-state index contributed by atoms with van der Waals surface area (Å²) in [4.78, 5) is 18.7. The molecule has 0 fully saturated rings. The maximum absolute atomic E-state index is 10.7. The Kier molecular flexibility index (Phi) is 4.35. The largest absolute Gasteiger partial charge is 1.00 e. The van der Waals surface area contributed by atoms with Gasteiger partial charge in [0, 0.05) is 12.4 Å². The van der Waals surface area contributed by atoms with Crippen LogP contribution in [-0.4, -0.2) is 25.6 Å². The van der Waals surface area contributed by atoms with Gasteiger partial charge >= 0.3 is 24.8 Å². The molecule has 0 aromatic carbocycles. The van der Waals surface area contributed by atoms with E-state index in [1.807, 2.05) is 6.92 Å². The Balaban J connectivity index is 0.00000144. The molecule has 0 saturated heterocycles. The van der Waals surface area contributed by atoms with Crippen LogP contribution in [0.2, 0.25) is 5.02 Å². The van der Waals surface area contributed by atoms with Gasteiger partial charge in [-0.3, -0.25) is 4.57 Å². The molecule has 0 bridgehead atoms. The first-order chi connectivity index (χ1) is 7.58. The molecule has 0 spiro atoms. The summed E-state index contributed by atoms with van der Waals surface area (Å²) in [6, 6.07) is 1.36. The molecule has 1 N–H and O–H groups in total. The van der Waals surface area contributed by atoms with Crippen molar-refractivity contribution in [2.45, 2.75) is 6.92 Å². The third kappa shape index (κ3) is 2.89. The topological polar surface area (TPSA) is 68.0 Å². The molecule has 0 saturated carbocycles. The van der Waals surface area contributed by atoms with Gasteiger partial charge < -0.3 is 6.53 Å². The van der Waals surface area contributed by atoms with Crippen molar-refractivity contribution in [2.75, 3.05) is 0 Å². The molecule has 0 unspecified atom stereocenters. The number of hydrogen-bond donors (Lipinski definition) is 1. The molecular formula is C10H9ClLiN3O2. The van der Waals surface area contributed by atoms with Gasteiger partial charge in [-0.25, -0.2) is 14.8 Å². The van der Waals surface area contributed by atoms with E-state index in [4.69, 9.17) is 16.7 Å². The van der Waals surface area contributed by atoms with Gasteiger partial charge in [0.25, 0.3) is 0 Å². The minimum absolute atomic E-state index is 0. The fourth-order valence-corrected chi connectivity index (χ4v) is 1.54. The Bertz CT molecular complexity index is 562. The number of pyridine rings is 1. The van der Waals surface area contributed by atoms with E-state index >= 15 is 0 Å². The third-order valence-electron chi connectivity index (χ3n) is 2.02. The van der Waals surface area contributed by atoms with Gasteiger partial charge in [-0.2, -0.15) is 0 Å². The van der Waals surface area contributed by atoms with Crippen molar-refractivity contribution in [3.63, 3.8) is 0 Å². The summed E-state index contributed by atoms with van der Waals surface area (Å²) in [5.74, 6) is -0.588. The van der Waals surface area contributed by atoms with Crippen molar-refractivity contribution < 1.29 is 30.2 Å². The van der Waals surface area contributed by atoms with Crippen LogP contribution in [0.25, 0.3) is 5.82 Å². The number of hydrogen-bond acceptors (Lipinski definition) is 3. The first-order valence-electron chi connectivity index (χ1n) is 4.48. The number of carbonyl (C=O) groups is 1. The third-order valence-corrected chi connectivity index (χ3v) is 2.30. The van der Waals surface area contributed by atoms with Crippen LogP contribution in [0, 0.1) is 6.92 Å². The van der Waals surface area contributed by atoms with E-state index in [1.54, 1.807) is 17.1 Å². The van der Waals surface area contributed by atoms with Crippen molar-refractivity contribution in [2.24, 2.45) is 0 Å². The van der Waals surface area contributed by atoms with Crippen molar-refractivity contribution in [1.29, 1.82) is 0 Å². The molecule has 0 aliphatic heterocycles. The maximum atomic E-state index is 10.7. The molecule has 2 rings (SSSR count). The van der Waals surface area contributed by atoms with E-state index in [0.29, 0.717) is 5.82 Å². The van der Waals surface area contributed by atoms with Crippen LogP contribution in [0.1, 0.15) is 17.5 Å². The number of carboxylic acid groups (broad SMARTS) is 1. The van der Waals surface area contributed by atoms with Crippen LogP contribution in [0.15, 0.2) is 24.8 Å². The number of nitrogens with zero attached hydrogens (tertiary/aromatic N) is 3. The summed E-state index contributed by atoms with van der Waals surface area (Å²) in [7, 11) is 0. The van der Waals surface area contributed by atoms with E-state index < -0.39 is 5.97 Å². The van der Waals surface area contributed by atoms with Crippen LogP contribution in [0.3, 0.4) is 0 Å². The monoisotopic (exact) mass is 245 g/mol. The van der Waals surface area contributed by atoms with Gasteiger partial charge in [0.05, 0.1) is 16.3 Å². The smallest absolute Gasteiger partial charge is 1.00 e. The number of rotatable bonds is 2. The minimum atomic E-state index is -1.05. The summed E-state index contributed by atoms with van der Waals surface area (Å²) in [6.07, 6.45) is 4.59. The van der Waals surface area contributed by atoms with Crippen molar-refractivity contribution in [3.05, 3.63) is 41.1 Å². The molecular weight excluding hydrogens is 237 g/mol. The SMILES string of the molecule is Cc1cn(-c2ncc(C(=O)O)cc2Cl)cn1.[H-].[Li+]. The van der Waals surface area contributed by atoms with Gasteiger partial charge in [0.15, 0.2) is 5.82 Å². The Hall–Kier alpha value is -1.28. The van der Waals surface area contributed by atoms with Crippen molar-refractivity contribution in [1.82, 2.24) is 14.5 Å². The van der Waals surface area contributed by atoms with Gasteiger partial charge in [0.1, 0.15) is 6.33 Å². The summed E-state index contributed by atoms with van der Waals surface area (Å²) >= 11 is 5.94. The van der Waals surface area contributed by atoms with Crippen LogP contribution in [0.5, 0.6) is 0 Å². The van der Waals surface area contributed by atoms with Gasteiger partial charge in [-0.1, -0.05) is 11.6 Å². The first kappa shape index (κ1) is 13.8. The van der Waals surface area contributed by atoms with Crippen molar-refractivity contribution >= 4 is 17.6 Å². The zero-order chi connectivity index (χ0) is 11.7. The Morgan fingerprint density at radius 1 is 1.53 bits per heavy atom.